The Labute approximate surface area is 127 Å². The van der Waals surface area contributed by atoms with Gasteiger partial charge in [0.2, 0.25) is 0 Å². The Balaban J connectivity index is 2.10. The SMILES string of the molecule is CCCc1nc(C2CCOCC2)sc1CNC(C)(C)C. The van der Waals surface area contributed by atoms with Crippen molar-refractivity contribution >= 4 is 11.3 Å². The van der Waals surface area contributed by atoms with Gasteiger partial charge in [-0.1, -0.05) is 13.3 Å². The van der Waals surface area contributed by atoms with E-state index in [0.717, 1.165) is 39.0 Å². The van der Waals surface area contributed by atoms with E-state index in [1.807, 2.05) is 11.3 Å². The molecule has 0 saturated carbocycles. The number of ether oxygens (including phenoxy) is 1. The zero-order valence-electron chi connectivity index (χ0n) is 13.3. The molecule has 1 aromatic rings. The van der Waals surface area contributed by atoms with Crippen molar-refractivity contribution < 1.29 is 4.74 Å². The Hall–Kier alpha value is -0.450. The first-order valence-corrected chi connectivity index (χ1v) is 8.62. The van der Waals surface area contributed by atoms with Gasteiger partial charge in [-0.05, 0) is 40.0 Å². The lowest BCUT2D eigenvalue weighted by Crippen LogP contribution is -2.35. The predicted molar refractivity (Wildman–Crippen MR) is 85.5 cm³/mol. The van der Waals surface area contributed by atoms with Gasteiger partial charge in [0.05, 0.1) is 10.7 Å². The quantitative estimate of drug-likeness (QED) is 0.895. The van der Waals surface area contributed by atoms with E-state index in [2.05, 4.69) is 33.0 Å². The fourth-order valence-corrected chi connectivity index (χ4v) is 3.66. The fraction of sp³-hybridized carbons (Fsp3) is 0.812. The van der Waals surface area contributed by atoms with Gasteiger partial charge in [-0.3, -0.25) is 0 Å². The second kappa shape index (κ2) is 7.01. The molecule has 1 fully saturated rings. The number of nitrogens with one attached hydrogen (secondary N) is 1. The molecule has 1 saturated heterocycles. The van der Waals surface area contributed by atoms with Crippen molar-refractivity contribution in [1.29, 1.82) is 0 Å². The number of thiazole rings is 1. The third kappa shape index (κ3) is 4.54. The van der Waals surface area contributed by atoms with Crippen molar-refractivity contribution in [2.45, 2.75) is 71.4 Å². The fourth-order valence-electron chi connectivity index (χ4n) is 2.44. The monoisotopic (exact) mass is 296 g/mol. The molecule has 0 atom stereocenters. The summed E-state index contributed by atoms with van der Waals surface area (Å²) in [7, 11) is 0. The Morgan fingerprint density at radius 3 is 2.60 bits per heavy atom. The molecule has 2 heterocycles. The largest absolute Gasteiger partial charge is 0.381 e. The summed E-state index contributed by atoms with van der Waals surface area (Å²) < 4.78 is 5.46. The summed E-state index contributed by atoms with van der Waals surface area (Å²) in [4.78, 5) is 6.38. The second-order valence-corrected chi connectivity index (χ2v) is 7.78. The molecule has 1 N–H and O–H groups in total. The molecule has 4 heteroatoms. The number of hydrogen-bond acceptors (Lipinski definition) is 4. The highest BCUT2D eigenvalue weighted by molar-refractivity contribution is 7.11. The molecule has 1 aliphatic rings. The molecule has 0 unspecified atom stereocenters. The van der Waals surface area contributed by atoms with Crippen LogP contribution >= 0.6 is 11.3 Å². The van der Waals surface area contributed by atoms with Crippen LogP contribution in [0, 0.1) is 0 Å². The van der Waals surface area contributed by atoms with Crippen LogP contribution in [0.4, 0.5) is 0 Å². The van der Waals surface area contributed by atoms with Gasteiger partial charge in [0.25, 0.3) is 0 Å². The molecule has 3 nitrogen and oxygen atoms in total. The van der Waals surface area contributed by atoms with Gasteiger partial charge >= 0.3 is 0 Å². The molecule has 0 aromatic carbocycles. The van der Waals surface area contributed by atoms with Crippen molar-refractivity contribution in [2.24, 2.45) is 0 Å². The second-order valence-electron chi connectivity index (χ2n) is 6.66. The van der Waals surface area contributed by atoms with Crippen LogP contribution in [-0.2, 0) is 17.7 Å². The first-order valence-electron chi connectivity index (χ1n) is 7.81. The summed E-state index contributed by atoms with van der Waals surface area (Å²) >= 11 is 1.92. The number of nitrogens with zero attached hydrogens (tertiary/aromatic N) is 1. The van der Waals surface area contributed by atoms with Crippen LogP contribution in [0.3, 0.4) is 0 Å². The molecule has 0 amide bonds. The third-order valence-corrected chi connectivity index (χ3v) is 4.89. The van der Waals surface area contributed by atoms with Gasteiger partial charge in [-0.2, -0.15) is 0 Å². The van der Waals surface area contributed by atoms with Gasteiger partial charge in [-0.15, -0.1) is 11.3 Å². The maximum absolute atomic E-state index is 5.46. The summed E-state index contributed by atoms with van der Waals surface area (Å²) in [6, 6.07) is 0. The van der Waals surface area contributed by atoms with Gasteiger partial charge in [0.1, 0.15) is 0 Å². The number of rotatable bonds is 5. The van der Waals surface area contributed by atoms with E-state index in [0.29, 0.717) is 5.92 Å². The first-order chi connectivity index (χ1) is 9.49. The molecule has 1 aliphatic heterocycles. The molecule has 1 aromatic heterocycles. The predicted octanol–water partition coefficient (Wildman–Crippen LogP) is 3.88. The zero-order chi connectivity index (χ0) is 14.6. The molecule has 0 radical (unpaired) electrons. The molecule has 2 rings (SSSR count). The minimum atomic E-state index is 0.159. The molecule has 0 spiro atoms. The highest BCUT2D eigenvalue weighted by Gasteiger charge is 2.22. The van der Waals surface area contributed by atoms with Crippen LogP contribution < -0.4 is 5.32 Å². The van der Waals surface area contributed by atoms with Crippen molar-refractivity contribution in [1.82, 2.24) is 10.3 Å². The lowest BCUT2D eigenvalue weighted by Gasteiger charge is -2.20. The molecular formula is C16H28N2OS. The van der Waals surface area contributed by atoms with Crippen LogP contribution in [0.5, 0.6) is 0 Å². The van der Waals surface area contributed by atoms with E-state index >= 15 is 0 Å². The topological polar surface area (TPSA) is 34.1 Å². The number of aromatic nitrogens is 1. The highest BCUT2D eigenvalue weighted by atomic mass is 32.1. The summed E-state index contributed by atoms with van der Waals surface area (Å²) in [6.45, 7) is 11.6. The van der Waals surface area contributed by atoms with Crippen molar-refractivity contribution in [3.8, 4) is 0 Å². The van der Waals surface area contributed by atoms with Crippen LogP contribution in [0.15, 0.2) is 0 Å². The first kappa shape index (κ1) is 15.9. The van der Waals surface area contributed by atoms with Gasteiger partial charge in [0.15, 0.2) is 0 Å². The minimum Gasteiger partial charge on any atom is -0.381 e. The Bertz CT molecular complexity index is 417. The van der Waals surface area contributed by atoms with Crippen LogP contribution in [-0.4, -0.2) is 23.7 Å². The maximum Gasteiger partial charge on any atom is 0.0964 e. The summed E-state index contributed by atoms with van der Waals surface area (Å²) in [5.74, 6) is 0.618. The minimum absolute atomic E-state index is 0.159. The average molecular weight is 296 g/mol. The normalized spacial score (nSPS) is 17.6. The lowest BCUT2D eigenvalue weighted by molar-refractivity contribution is 0.0852. The van der Waals surface area contributed by atoms with Gasteiger partial charge in [-0.25, -0.2) is 4.98 Å². The highest BCUT2D eigenvalue weighted by Crippen LogP contribution is 2.32. The van der Waals surface area contributed by atoms with E-state index in [1.54, 1.807) is 0 Å². The third-order valence-electron chi connectivity index (χ3n) is 3.63. The van der Waals surface area contributed by atoms with Crippen molar-refractivity contribution in [3.05, 3.63) is 15.6 Å². The van der Waals surface area contributed by atoms with E-state index in [9.17, 15) is 0 Å². The molecular weight excluding hydrogens is 268 g/mol. The number of aryl methyl sites for hydroxylation is 1. The standard InChI is InChI=1S/C16H28N2OS/c1-5-6-13-14(11-17-16(2,3)4)20-15(18-13)12-7-9-19-10-8-12/h12,17H,5-11H2,1-4H3. The summed E-state index contributed by atoms with van der Waals surface area (Å²) in [5.41, 5.74) is 1.47. The number of hydrogen-bond donors (Lipinski definition) is 1. The van der Waals surface area contributed by atoms with E-state index in [-0.39, 0.29) is 5.54 Å². The maximum atomic E-state index is 5.46. The van der Waals surface area contributed by atoms with Crippen LogP contribution in [0.2, 0.25) is 0 Å². The summed E-state index contributed by atoms with van der Waals surface area (Å²) in [5, 5.41) is 4.93. The van der Waals surface area contributed by atoms with Crippen molar-refractivity contribution in [3.63, 3.8) is 0 Å². The van der Waals surface area contributed by atoms with E-state index in [4.69, 9.17) is 9.72 Å². The smallest absolute Gasteiger partial charge is 0.0964 e. The summed E-state index contributed by atoms with van der Waals surface area (Å²) in [6.07, 6.45) is 4.52. The lowest BCUT2D eigenvalue weighted by atomic mass is 10.0. The Morgan fingerprint density at radius 1 is 1.30 bits per heavy atom. The van der Waals surface area contributed by atoms with Gasteiger partial charge < -0.3 is 10.1 Å². The Kier molecular flexibility index (Phi) is 5.58. The van der Waals surface area contributed by atoms with Crippen LogP contribution in [0.25, 0.3) is 0 Å². The molecule has 114 valence electrons. The molecule has 20 heavy (non-hydrogen) atoms. The Morgan fingerprint density at radius 2 is 2.00 bits per heavy atom. The zero-order valence-corrected chi connectivity index (χ0v) is 14.1. The van der Waals surface area contributed by atoms with Gasteiger partial charge in [0, 0.05) is 36.1 Å². The van der Waals surface area contributed by atoms with E-state index < -0.39 is 0 Å². The van der Waals surface area contributed by atoms with Crippen molar-refractivity contribution in [2.75, 3.05) is 13.2 Å². The molecule has 0 bridgehead atoms. The van der Waals surface area contributed by atoms with Crippen LogP contribution in [0.1, 0.15) is 68.5 Å². The average Bonchev–Trinajstić information content (AvgIpc) is 2.80. The molecule has 0 aliphatic carbocycles. The van der Waals surface area contributed by atoms with E-state index in [1.165, 1.54) is 22.0 Å².